The van der Waals surface area contributed by atoms with Crippen molar-refractivity contribution >= 4 is 27.5 Å². The first-order valence-electron chi connectivity index (χ1n) is 5.37. The molecule has 0 bridgehead atoms. The molecule has 1 aliphatic heterocycles. The molecule has 1 heterocycles. The van der Waals surface area contributed by atoms with Crippen molar-refractivity contribution in [3.8, 4) is 0 Å². The van der Waals surface area contributed by atoms with E-state index < -0.39 is 6.04 Å². The number of rotatable bonds is 2. The molecule has 0 saturated carbocycles. The second-order valence-corrected chi connectivity index (χ2v) is 5.44. The van der Waals surface area contributed by atoms with E-state index in [0.717, 1.165) is 22.3 Å². The maximum Gasteiger partial charge on any atom is 0.248 e. The normalized spacial score (nSPS) is 19.4. The van der Waals surface area contributed by atoms with Gasteiger partial charge in [-0.3, -0.25) is 4.79 Å². The molecular weight excluding hydrogens is 268 g/mol. The summed E-state index contributed by atoms with van der Waals surface area (Å²) >= 11 is 3.40. The Labute approximate surface area is 104 Å². The smallest absolute Gasteiger partial charge is 0.248 e. The highest BCUT2D eigenvalue weighted by molar-refractivity contribution is 9.10. The highest BCUT2D eigenvalue weighted by Gasteiger charge is 2.34. The van der Waals surface area contributed by atoms with Crippen molar-refractivity contribution in [1.29, 1.82) is 0 Å². The van der Waals surface area contributed by atoms with Gasteiger partial charge in [-0.2, -0.15) is 0 Å². The number of nitrogens with zero attached hydrogens (tertiary/aromatic N) is 1. The molecule has 1 aromatic carbocycles. The number of nitrogens with two attached hydrogens (primary N) is 1. The number of amides is 1. The van der Waals surface area contributed by atoms with E-state index in [-0.39, 0.29) is 5.91 Å². The zero-order chi connectivity index (χ0) is 11.9. The third-order valence-electron chi connectivity index (χ3n) is 2.70. The molecule has 2 rings (SSSR count). The predicted octanol–water partition coefficient (Wildman–Crippen LogP) is 2.45. The second kappa shape index (κ2) is 4.18. The summed E-state index contributed by atoms with van der Waals surface area (Å²) in [4.78, 5) is 13.8. The van der Waals surface area contributed by atoms with Gasteiger partial charge < -0.3 is 10.6 Å². The molecule has 3 nitrogen and oxygen atoms in total. The lowest BCUT2D eigenvalue weighted by Crippen LogP contribution is -2.34. The van der Waals surface area contributed by atoms with Crippen LogP contribution in [0.3, 0.4) is 0 Å². The lowest BCUT2D eigenvalue weighted by Gasteiger charge is -2.19. The number of carbonyl (C=O) groups excluding carboxylic acids is 1. The highest BCUT2D eigenvalue weighted by atomic mass is 79.9. The number of halogens is 1. The molecule has 1 aliphatic rings. The number of benzene rings is 1. The van der Waals surface area contributed by atoms with Crippen LogP contribution in [0.2, 0.25) is 0 Å². The summed E-state index contributed by atoms with van der Waals surface area (Å²) in [5.74, 6) is 0.438. The maximum absolute atomic E-state index is 12.0. The molecule has 1 aromatic rings. The summed E-state index contributed by atoms with van der Waals surface area (Å²) in [6.07, 6.45) is 0. The van der Waals surface area contributed by atoms with Gasteiger partial charge in [0.2, 0.25) is 5.91 Å². The molecule has 0 radical (unpaired) electrons. The molecule has 0 fully saturated rings. The summed E-state index contributed by atoms with van der Waals surface area (Å²) in [5, 5.41) is 0. The average molecular weight is 283 g/mol. The van der Waals surface area contributed by atoms with Gasteiger partial charge in [0.25, 0.3) is 0 Å². The quantitative estimate of drug-likeness (QED) is 0.906. The Morgan fingerprint density at radius 1 is 1.50 bits per heavy atom. The highest BCUT2D eigenvalue weighted by Crippen LogP contribution is 2.36. The van der Waals surface area contributed by atoms with Crippen LogP contribution in [-0.4, -0.2) is 12.5 Å². The van der Waals surface area contributed by atoms with Crippen molar-refractivity contribution in [3.05, 3.63) is 28.2 Å². The monoisotopic (exact) mass is 282 g/mol. The SMILES string of the molecule is CC(C)CN1C(=O)C(N)c2cc(Br)ccc21. The molecule has 86 valence electrons. The topological polar surface area (TPSA) is 46.3 Å². The Hall–Kier alpha value is -0.870. The largest absolute Gasteiger partial charge is 0.316 e. The van der Waals surface area contributed by atoms with Gasteiger partial charge in [0.1, 0.15) is 6.04 Å². The second-order valence-electron chi connectivity index (χ2n) is 4.52. The van der Waals surface area contributed by atoms with Gasteiger partial charge >= 0.3 is 0 Å². The first-order chi connectivity index (χ1) is 7.50. The van der Waals surface area contributed by atoms with E-state index in [1.165, 1.54) is 0 Å². The third-order valence-corrected chi connectivity index (χ3v) is 3.19. The molecular formula is C12H15BrN2O. The van der Waals surface area contributed by atoms with E-state index in [2.05, 4.69) is 29.8 Å². The van der Waals surface area contributed by atoms with E-state index in [4.69, 9.17) is 5.73 Å². The van der Waals surface area contributed by atoms with Crippen LogP contribution in [0, 0.1) is 5.92 Å². The van der Waals surface area contributed by atoms with Crippen molar-refractivity contribution in [2.75, 3.05) is 11.4 Å². The van der Waals surface area contributed by atoms with Gasteiger partial charge in [-0.25, -0.2) is 0 Å². The fraction of sp³-hybridized carbons (Fsp3) is 0.417. The predicted molar refractivity (Wildman–Crippen MR) is 68.3 cm³/mol. The first kappa shape index (κ1) is 11.6. The average Bonchev–Trinajstić information content (AvgIpc) is 2.43. The van der Waals surface area contributed by atoms with E-state index in [1.807, 2.05) is 18.2 Å². The summed E-state index contributed by atoms with van der Waals surface area (Å²) in [7, 11) is 0. The van der Waals surface area contributed by atoms with Crippen LogP contribution in [-0.2, 0) is 4.79 Å². The zero-order valence-corrected chi connectivity index (χ0v) is 11.0. The molecule has 1 atom stereocenters. The molecule has 2 N–H and O–H groups in total. The number of fused-ring (bicyclic) bond motifs is 1. The molecule has 4 heteroatoms. The number of anilines is 1. The standard InChI is InChI=1S/C12H15BrN2O/c1-7(2)6-15-10-4-3-8(13)5-9(10)11(14)12(15)16/h3-5,7,11H,6,14H2,1-2H3. The molecule has 0 aliphatic carbocycles. The minimum Gasteiger partial charge on any atom is -0.316 e. The van der Waals surface area contributed by atoms with E-state index >= 15 is 0 Å². The Morgan fingerprint density at radius 2 is 2.19 bits per heavy atom. The fourth-order valence-electron chi connectivity index (χ4n) is 1.99. The Kier molecular flexibility index (Phi) is 3.04. The van der Waals surface area contributed by atoms with Crippen LogP contribution in [0.5, 0.6) is 0 Å². The zero-order valence-electron chi connectivity index (χ0n) is 9.40. The Morgan fingerprint density at radius 3 is 2.81 bits per heavy atom. The number of hydrogen-bond donors (Lipinski definition) is 1. The van der Waals surface area contributed by atoms with Crippen molar-refractivity contribution in [2.45, 2.75) is 19.9 Å². The number of hydrogen-bond acceptors (Lipinski definition) is 2. The molecule has 0 spiro atoms. The Balaban J connectivity index is 2.42. The van der Waals surface area contributed by atoms with Crippen LogP contribution in [0.4, 0.5) is 5.69 Å². The van der Waals surface area contributed by atoms with Crippen molar-refractivity contribution in [2.24, 2.45) is 11.7 Å². The minimum absolute atomic E-state index is 0.00167. The maximum atomic E-state index is 12.0. The summed E-state index contributed by atoms with van der Waals surface area (Å²) in [6, 6.07) is 5.31. The molecule has 1 unspecified atom stereocenters. The van der Waals surface area contributed by atoms with Crippen LogP contribution >= 0.6 is 15.9 Å². The van der Waals surface area contributed by atoms with E-state index in [0.29, 0.717) is 5.92 Å². The van der Waals surface area contributed by atoms with Gasteiger partial charge in [0, 0.05) is 22.3 Å². The molecule has 0 saturated heterocycles. The minimum atomic E-state index is -0.508. The Bertz CT molecular complexity index is 431. The van der Waals surface area contributed by atoms with Gasteiger partial charge in [0.15, 0.2) is 0 Å². The van der Waals surface area contributed by atoms with Crippen molar-refractivity contribution in [1.82, 2.24) is 0 Å². The van der Waals surface area contributed by atoms with Gasteiger partial charge in [-0.1, -0.05) is 29.8 Å². The van der Waals surface area contributed by atoms with Crippen LogP contribution < -0.4 is 10.6 Å². The molecule has 0 aromatic heterocycles. The van der Waals surface area contributed by atoms with Gasteiger partial charge in [-0.15, -0.1) is 0 Å². The lowest BCUT2D eigenvalue weighted by molar-refractivity contribution is -0.119. The number of carbonyl (C=O) groups is 1. The van der Waals surface area contributed by atoms with Crippen LogP contribution in [0.1, 0.15) is 25.5 Å². The van der Waals surface area contributed by atoms with Gasteiger partial charge in [-0.05, 0) is 24.1 Å². The van der Waals surface area contributed by atoms with Gasteiger partial charge in [0.05, 0.1) is 0 Å². The summed E-state index contributed by atoms with van der Waals surface area (Å²) in [6.45, 7) is 4.91. The third kappa shape index (κ3) is 1.87. The molecule has 1 amide bonds. The van der Waals surface area contributed by atoms with Crippen LogP contribution in [0.15, 0.2) is 22.7 Å². The molecule has 16 heavy (non-hydrogen) atoms. The summed E-state index contributed by atoms with van der Waals surface area (Å²) < 4.78 is 0.959. The van der Waals surface area contributed by atoms with Crippen molar-refractivity contribution < 1.29 is 4.79 Å². The van der Waals surface area contributed by atoms with Crippen molar-refractivity contribution in [3.63, 3.8) is 0 Å². The summed E-state index contributed by atoms with van der Waals surface area (Å²) in [5.41, 5.74) is 7.78. The van der Waals surface area contributed by atoms with E-state index in [9.17, 15) is 4.79 Å². The van der Waals surface area contributed by atoms with E-state index in [1.54, 1.807) is 4.90 Å². The fourth-order valence-corrected chi connectivity index (χ4v) is 2.37. The first-order valence-corrected chi connectivity index (χ1v) is 6.16. The lowest BCUT2D eigenvalue weighted by atomic mass is 10.1. The van der Waals surface area contributed by atoms with Crippen LogP contribution in [0.25, 0.3) is 0 Å².